The molecule has 3 unspecified atom stereocenters. The molecule has 8 nitrogen and oxygen atoms in total. The number of halogens is 2. The molecule has 0 spiro atoms. The molecule has 1 aliphatic rings. The van der Waals surface area contributed by atoms with Crippen molar-refractivity contribution in [3.05, 3.63) is 63.6 Å². The predicted molar refractivity (Wildman–Crippen MR) is 136 cm³/mol. The Labute approximate surface area is 219 Å². The Morgan fingerprint density at radius 2 is 1.58 bits per heavy atom. The number of amides is 2. The second kappa shape index (κ2) is 10.5. The molecule has 0 heterocycles. The lowest BCUT2D eigenvalue weighted by Crippen LogP contribution is -2.49. The van der Waals surface area contributed by atoms with Gasteiger partial charge in [0.2, 0.25) is 5.91 Å². The first-order chi connectivity index (χ1) is 16.8. The molecular formula is C26H28Cl2N2O6. The summed E-state index contributed by atoms with van der Waals surface area (Å²) in [5.74, 6) is -3.76. The van der Waals surface area contributed by atoms with E-state index in [4.69, 9.17) is 23.2 Å². The second-order valence-electron chi connectivity index (χ2n) is 9.80. The highest BCUT2D eigenvalue weighted by Crippen LogP contribution is 2.56. The molecule has 1 aliphatic carbocycles. The summed E-state index contributed by atoms with van der Waals surface area (Å²) in [6.45, 7) is 5.09. The first-order valence-corrected chi connectivity index (χ1v) is 12.1. The lowest BCUT2D eigenvalue weighted by atomic mass is 9.65. The van der Waals surface area contributed by atoms with Crippen LogP contribution >= 0.6 is 23.2 Å². The van der Waals surface area contributed by atoms with Crippen LogP contribution in [0.25, 0.3) is 0 Å². The van der Waals surface area contributed by atoms with E-state index in [0.717, 1.165) is 0 Å². The van der Waals surface area contributed by atoms with Gasteiger partial charge in [-0.25, -0.2) is 4.79 Å². The zero-order chi connectivity index (χ0) is 26.8. The zero-order valence-corrected chi connectivity index (χ0v) is 21.6. The van der Waals surface area contributed by atoms with Crippen LogP contribution in [0.4, 0.5) is 5.69 Å². The van der Waals surface area contributed by atoms with Crippen molar-refractivity contribution in [3.63, 3.8) is 0 Å². The van der Waals surface area contributed by atoms with E-state index in [1.165, 1.54) is 0 Å². The maximum Gasteiger partial charge on any atom is 0.326 e. The topological polar surface area (TPSA) is 133 Å². The summed E-state index contributed by atoms with van der Waals surface area (Å²) in [5, 5.41) is 25.1. The minimum absolute atomic E-state index is 0.00892. The van der Waals surface area contributed by atoms with E-state index in [0.29, 0.717) is 24.1 Å². The van der Waals surface area contributed by atoms with Gasteiger partial charge in [-0.2, -0.15) is 0 Å². The number of aliphatic carboxylic acids is 2. The van der Waals surface area contributed by atoms with E-state index in [2.05, 4.69) is 10.6 Å². The van der Waals surface area contributed by atoms with Gasteiger partial charge in [-0.1, -0.05) is 55.2 Å². The summed E-state index contributed by atoms with van der Waals surface area (Å²) in [5.41, 5.74) is -0.709. The molecule has 1 saturated carbocycles. The molecule has 2 aromatic rings. The molecule has 2 amide bonds. The van der Waals surface area contributed by atoms with Gasteiger partial charge in [0.25, 0.3) is 5.91 Å². The monoisotopic (exact) mass is 534 g/mol. The Kier molecular flexibility index (Phi) is 8.00. The number of carboxylic acid groups (broad SMARTS) is 2. The molecule has 0 aromatic heterocycles. The molecule has 0 saturated heterocycles. The third kappa shape index (κ3) is 5.34. The maximum atomic E-state index is 13.0. The fourth-order valence-electron chi connectivity index (χ4n) is 4.68. The predicted octanol–water partition coefficient (Wildman–Crippen LogP) is 4.88. The summed E-state index contributed by atoms with van der Waals surface area (Å²) >= 11 is 12.2. The maximum absolute atomic E-state index is 13.0. The van der Waals surface area contributed by atoms with Gasteiger partial charge in [-0.3, -0.25) is 14.4 Å². The number of carbonyl (C=O) groups excluding carboxylic acids is 2. The largest absolute Gasteiger partial charge is 0.481 e. The van der Waals surface area contributed by atoms with Crippen molar-refractivity contribution in [2.45, 2.75) is 46.1 Å². The third-order valence-corrected chi connectivity index (χ3v) is 8.10. The van der Waals surface area contributed by atoms with Crippen LogP contribution in [0, 0.1) is 16.7 Å². The number of carbonyl (C=O) groups is 4. The van der Waals surface area contributed by atoms with E-state index in [1.54, 1.807) is 63.2 Å². The van der Waals surface area contributed by atoms with Crippen molar-refractivity contribution in [1.82, 2.24) is 5.32 Å². The van der Waals surface area contributed by atoms with Gasteiger partial charge >= 0.3 is 11.9 Å². The van der Waals surface area contributed by atoms with E-state index >= 15 is 0 Å². The van der Waals surface area contributed by atoms with Gasteiger partial charge in [0.1, 0.15) is 6.04 Å². The smallest absolute Gasteiger partial charge is 0.326 e. The Morgan fingerprint density at radius 3 is 2.08 bits per heavy atom. The van der Waals surface area contributed by atoms with Crippen LogP contribution in [0.2, 0.25) is 10.0 Å². The fourth-order valence-corrected chi connectivity index (χ4v) is 5.25. The van der Waals surface area contributed by atoms with Crippen molar-refractivity contribution in [1.29, 1.82) is 0 Å². The summed E-state index contributed by atoms with van der Waals surface area (Å²) in [6.07, 6.45) is 0.699. The molecule has 1 fully saturated rings. The van der Waals surface area contributed by atoms with Crippen molar-refractivity contribution in [3.8, 4) is 0 Å². The second-order valence-corrected chi connectivity index (χ2v) is 10.6. The highest BCUT2D eigenvalue weighted by molar-refractivity contribution is 6.40. The summed E-state index contributed by atoms with van der Waals surface area (Å²) in [7, 11) is 0. The molecule has 10 heteroatoms. The SMILES string of the molecule is CC1(C(=O)O)CCC(C(=O)NC(Cc2ccc(NC(=O)c3c(Cl)cccc3Cl)cc2)C(=O)O)C1(C)C. The van der Waals surface area contributed by atoms with Gasteiger partial charge in [-0.15, -0.1) is 0 Å². The highest BCUT2D eigenvalue weighted by Gasteiger charge is 2.58. The van der Waals surface area contributed by atoms with Crippen molar-refractivity contribution < 1.29 is 29.4 Å². The lowest BCUT2D eigenvalue weighted by Gasteiger charge is -2.38. The Hall–Kier alpha value is -3.10. The zero-order valence-electron chi connectivity index (χ0n) is 20.1. The highest BCUT2D eigenvalue weighted by atomic mass is 35.5. The van der Waals surface area contributed by atoms with Crippen LogP contribution in [0.5, 0.6) is 0 Å². The van der Waals surface area contributed by atoms with Crippen molar-refractivity contribution >= 4 is 52.6 Å². The minimum Gasteiger partial charge on any atom is -0.481 e. The molecule has 4 N–H and O–H groups in total. The minimum atomic E-state index is -1.20. The average Bonchev–Trinajstić information content (AvgIpc) is 3.04. The summed E-state index contributed by atoms with van der Waals surface area (Å²) < 4.78 is 0. The van der Waals surface area contributed by atoms with Gasteiger partial charge in [-0.05, 0) is 55.0 Å². The molecule has 0 aliphatic heterocycles. The number of benzene rings is 2. The molecule has 0 bridgehead atoms. The molecule has 0 radical (unpaired) electrons. The summed E-state index contributed by atoms with van der Waals surface area (Å²) in [6, 6.07) is 10.1. The third-order valence-electron chi connectivity index (χ3n) is 7.47. The molecule has 3 atom stereocenters. The first-order valence-electron chi connectivity index (χ1n) is 11.4. The molecule has 2 aromatic carbocycles. The van der Waals surface area contributed by atoms with Crippen molar-refractivity contribution in [2.24, 2.45) is 16.7 Å². The van der Waals surface area contributed by atoms with E-state index in [9.17, 15) is 29.4 Å². The molecule has 36 heavy (non-hydrogen) atoms. The fraction of sp³-hybridized carbons (Fsp3) is 0.385. The number of hydrogen-bond acceptors (Lipinski definition) is 4. The van der Waals surface area contributed by atoms with E-state index in [1.807, 2.05) is 0 Å². The number of carboxylic acids is 2. The summed E-state index contributed by atoms with van der Waals surface area (Å²) in [4.78, 5) is 49.3. The standard InChI is InChI=1S/C26H28Cl2N2O6/c1-25(2)16(11-12-26(25,3)24(35)36)21(31)30-19(23(33)34)13-14-7-9-15(10-8-14)29-22(32)20-17(27)5-4-6-18(20)28/h4-10,16,19H,11-13H2,1-3H3,(H,29,32)(H,30,31)(H,33,34)(H,35,36). The van der Waals surface area contributed by atoms with E-state index in [-0.39, 0.29) is 22.0 Å². The van der Waals surface area contributed by atoms with Crippen LogP contribution in [-0.2, 0) is 20.8 Å². The van der Waals surface area contributed by atoms with Crippen molar-refractivity contribution in [2.75, 3.05) is 5.32 Å². The first kappa shape index (κ1) is 27.5. The Morgan fingerprint density at radius 1 is 1.00 bits per heavy atom. The molecule has 192 valence electrons. The van der Waals surface area contributed by atoms with Gasteiger partial charge in [0, 0.05) is 18.0 Å². The van der Waals surface area contributed by atoms with E-state index < -0.39 is 46.5 Å². The van der Waals surface area contributed by atoms with Gasteiger partial charge in [0.15, 0.2) is 0 Å². The number of anilines is 1. The molecule has 3 rings (SSSR count). The van der Waals surface area contributed by atoms with Crippen LogP contribution in [0.3, 0.4) is 0 Å². The van der Waals surface area contributed by atoms with Gasteiger partial charge < -0.3 is 20.8 Å². The number of hydrogen-bond donors (Lipinski definition) is 4. The number of nitrogens with one attached hydrogen (secondary N) is 2. The van der Waals surface area contributed by atoms with Crippen LogP contribution in [-0.4, -0.2) is 40.0 Å². The van der Waals surface area contributed by atoms with Crippen LogP contribution < -0.4 is 10.6 Å². The Balaban J connectivity index is 1.68. The number of rotatable bonds is 8. The van der Waals surface area contributed by atoms with Crippen LogP contribution in [0.1, 0.15) is 49.5 Å². The average molecular weight is 535 g/mol. The normalized spacial score (nSPS) is 21.4. The molecular weight excluding hydrogens is 507 g/mol. The lowest BCUT2D eigenvalue weighted by molar-refractivity contribution is -0.155. The van der Waals surface area contributed by atoms with Gasteiger partial charge in [0.05, 0.1) is 21.0 Å². The van der Waals surface area contributed by atoms with Crippen LogP contribution in [0.15, 0.2) is 42.5 Å². The quantitative estimate of drug-likeness (QED) is 0.381. The Bertz CT molecular complexity index is 1180.